The zero-order chi connectivity index (χ0) is 88.3. The molecule has 2 saturated heterocycles. The maximum atomic E-state index is 15.3. The summed E-state index contributed by atoms with van der Waals surface area (Å²) in [5.41, 5.74) is -4.68. The minimum absolute atomic E-state index is 0.0271. The molecule has 3 aliphatic carbocycles. The van der Waals surface area contributed by atoms with Crippen molar-refractivity contribution in [3.05, 3.63) is 213 Å². The van der Waals surface area contributed by atoms with E-state index < -0.39 is 197 Å². The third-order valence-electron chi connectivity index (χ3n) is 22.7. The van der Waals surface area contributed by atoms with Gasteiger partial charge in [-0.05, 0) is 138 Å². The molecule has 6 N–H and O–H groups in total. The van der Waals surface area contributed by atoms with Crippen molar-refractivity contribution in [2.45, 2.75) is 178 Å². The van der Waals surface area contributed by atoms with Crippen molar-refractivity contribution >= 4 is 89.1 Å². The molecule has 0 spiro atoms. The molecule has 6 aromatic rings. The van der Waals surface area contributed by atoms with Crippen molar-refractivity contribution in [1.29, 1.82) is 0 Å². The van der Waals surface area contributed by atoms with Gasteiger partial charge in [0.1, 0.15) is 57.6 Å². The van der Waals surface area contributed by atoms with Crippen LogP contribution in [0, 0.1) is 32.1 Å². The lowest BCUT2D eigenvalue weighted by atomic mass is 9.89. The predicted molar refractivity (Wildman–Crippen MR) is 444 cm³/mol. The van der Waals surface area contributed by atoms with Crippen LogP contribution in [0.1, 0.15) is 117 Å². The molecule has 122 heavy (non-hydrogen) atoms. The molecule has 10 atom stereocenters. The lowest BCUT2D eigenvalue weighted by Crippen LogP contribution is -2.60. The highest BCUT2D eigenvalue weighted by Gasteiger charge is 2.65. The van der Waals surface area contributed by atoms with Crippen LogP contribution in [0.2, 0.25) is 0 Å². The van der Waals surface area contributed by atoms with Crippen LogP contribution in [-0.4, -0.2) is 211 Å². The maximum Gasteiger partial charge on any atom is 0.408 e. The van der Waals surface area contributed by atoms with Gasteiger partial charge in [0, 0.05) is 77.2 Å². The van der Waals surface area contributed by atoms with E-state index in [0.29, 0.717) is 24.0 Å². The Labute approximate surface area is 706 Å². The fraction of sp³-hybridized carbons (Fsp3) is 0.435. The molecular weight excluding hydrogens is 1640 g/mol. The van der Waals surface area contributed by atoms with Crippen LogP contribution in [0.15, 0.2) is 192 Å². The minimum Gasteiger partial charge on any atom is -0.479 e. The van der Waals surface area contributed by atoms with Gasteiger partial charge < -0.3 is 55.1 Å². The topological polar surface area (TPSA) is 456 Å². The number of rotatable bonds is 18. The van der Waals surface area contributed by atoms with E-state index in [4.69, 9.17) is 18.9 Å². The highest BCUT2D eigenvalue weighted by atomic mass is 32.2. The number of carboxylic acid groups (broad SMARTS) is 1. The number of carbonyl (C=O) groups excluding carboxylic acids is 7. The van der Waals surface area contributed by atoms with Gasteiger partial charge in [-0.3, -0.25) is 48.9 Å². The molecule has 0 radical (unpaired) electrons. The first kappa shape index (κ1) is 89.9. The van der Waals surface area contributed by atoms with E-state index in [9.17, 15) is 79.4 Å². The van der Waals surface area contributed by atoms with Crippen LogP contribution in [0.4, 0.5) is 21.0 Å². The number of hydrogen-bond donors (Lipinski definition) is 6. The van der Waals surface area contributed by atoms with Crippen molar-refractivity contribution in [2.75, 3.05) is 53.5 Å². The summed E-state index contributed by atoms with van der Waals surface area (Å²) in [5, 5.41) is 44.3. The number of sulfonamides is 3. The SMILES string of the molecule is CO[C@@]1(c2ccc(-c3ccccc3)cc2)C[C@H]2C(=O)N[C@]3(C(=O)NS(=O)(=O)C4CC4)C[C@H]3/C=C\CCCN(S(=O)(=O)c3ccccc3[N+](=O)[O-])C[C@H](NC(=O)OC(C)(C)C)C(=O)N2C1.CO[C@@]1(c2ccc(-c3ccccc3)cc2)C[C@H]2C(=O)N[C@]3(C(=O)O)C[C@H]3/C=C\CCCN(S(=O)(=O)c3ccccc3[N+](=O)[O-])C[C@H](NC(=O)OC(C)(C)C)C(=O)N2C1. The number of carboxylic acids is 1. The van der Waals surface area contributed by atoms with E-state index in [0.717, 1.165) is 60.0 Å². The van der Waals surface area contributed by atoms with Gasteiger partial charge in [0.2, 0.25) is 53.7 Å². The van der Waals surface area contributed by atoms with Crippen LogP contribution in [0.3, 0.4) is 0 Å². The summed E-state index contributed by atoms with van der Waals surface area (Å²) < 4.78 is 111. The molecule has 6 aromatic carbocycles. The molecule has 0 unspecified atom stereocenters. The minimum atomic E-state index is -4.76. The molecule has 7 amide bonds. The van der Waals surface area contributed by atoms with Crippen LogP contribution >= 0.6 is 0 Å². The highest BCUT2D eigenvalue weighted by molar-refractivity contribution is 7.91. The van der Waals surface area contributed by atoms with E-state index in [1.54, 1.807) is 78.0 Å². The number of nitro benzene ring substituents is 2. The van der Waals surface area contributed by atoms with E-state index in [1.807, 2.05) is 97.1 Å². The number of amides is 7. The molecule has 0 bridgehead atoms. The maximum absolute atomic E-state index is 15.3. The summed E-state index contributed by atoms with van der Waals surface area (Å²) in [4.78, 5) is 137. The first-order valence-corrected chi connectivity index (χ1v) is 44.3. The summed E-state index contributed by atoms with van der Waals surface area (Å²) in [6.45, 7) is 7.06. The second kappa shape index (κ2) is 35.6. The zero-order valence-corrected chi connectivity index (χ0v) is 71.0. The zero-order valence-electron chi connectivity index (χ0n) is 68.5. The van der Waals surface area contributed by atoms with Crippen LogP contribution < -0.4 is 26.0 Å². The van der Waals surface area contributed by atoms with Crippen molar-refractivity contribution in [2.24, 2.45) is 11.8 Å². The number of hydrogen-bond acceptors (Lipinski definition) is 22. The summed E-state index contributed by atoms with van der Waals surface area (Å²) in [5.74, 6) is -6.86. The number of aliphatic carboxylic acids is 1. The molecular formula is C85H99N11O23S3. The molecule has 0 aromatic heterocycles. The Bertz CT molecular complexity index is 5440. The number of benzene rings is 6. The van der Waals surface area contributed by atoms with Gasteiger partial charge in [-0.15, -0.1) is 0 Å². The quantitative estimate of drug-likeness (QED) is 0.0266. The van der Waals surface area contributed by atoms with Crippen molar-refractivity contribution < 1.29 is 97.5 Å². The van der Waals surface area contributed by atoms with E-state index in [1.165, 1.54) is 43.4 Å². The molecule has 4 aliphatic heterocycles. The Morgan fingerprint density at radius 2 is 0.869 bits per heavy atom. The average molecular weight is 1740 g/mol. The average Bonchev–Trinajstić information content (AvgIpc) is 1.57. The molecule has 5 fully saturated rings. The molecule has 3 saturated carbocycles. The number of fused-ring (bicyclic) bond motifs is 4. The second-order valence-corrected chi connectivity index (χ2v) is 39.2. The van der Waals surface area contributed by atoms with E-state index >= 15 is 9.59 Å². The monoisotopic (exact) mass is 1740 g/mol. The Kier molecular flexibility index (Phi) is 26.2. The largest absolute Gasteiger partial charge is 0.479 e. The fourth-order valence-corrected chi connectivity index (χ4v) is 20.6. The summed E-state index contributed by atoms with van der Waals surface area (Å²) in [6.07, 6.45) is 5.85. The van der Waals surface area contributed by atoms with Crippen LogP contribution in [0.5, 0.6) is 0 Å². The van der Waals surface area contributed by atoms with E-state index in [2.05, 4.69) is 26.0 Å². The van der Waals surface area contributed by atoms with Gasteiger partial charge in [0.15, 0.2) is 9.79 Å². The van der Waals surface area contributed by atoms with E-state index in [-0.39, 0.29) is 77.5 Å². The molecule has 34 nitrogen and oxygen atoms in total. The van der Waals surface area contributed by atoms with Crippen LogP contribution in [-0.2, 0) is 89.0 Å². The molecule has 650 valence electrons. The standard InChI is InChI=1S/C44H52N6O12S2.C41H47N5O11S/c1-42(2,3)62-41(54)45-34-27-48(64(59,60)37-17-11-10-16-35(37)50(55)56)24-12-6-9-15-32-25-44(32,40(53)47-63(57,58)33-22-23-33)46-38(51)36-26-43(61-4,28-49(36)39(34)52)31-20-18-30(19-21-31)29-13-7-5-8-14-29;1-39(2,3)57-38(51)42-31-25-44(58(54,55)34-17-11-10-16-32(34)46(52)53)22-12-6-9-15-30-23-41(30,37(49)50)43-35(47)33-24-40(56-4,26-45(33)36(31)48)29-20-18-28(19-21-29)27-13-7-5-8-14-27/h5,7-11,13-21,32-34,36H,6,12,22-28H2,1-4H3,(H,45,54)(H,46,51)(H,47,53);5,7-11,13-21,30-31,33H,6,12,22-26H2,1-4H3,(H,42,51)(H,43,47)(H,49,50)/b2*15-9-/t32-,34+,36+,43+,44-;30-,31+,33+,40+,41-/m11/s1. The van der Waals surface area contributed by atoms with Gasteiger partial charge in [-0.2, -0.15) is 8.61 Å². The van der Waals surface area contributed by atoms with Crippen LogP contribution in [0.25, 0.3) is 22.3 Å². The number of nitrogens with one attached hydrogen (secondary N) is 5. The Hall–Kier alpha value is -11.3. The lowest BCUT2D eigenvalue weighted by molar-refractivity contribution is -0.388. The number of carbonyl (C=O) groups is 8. The predicted octanol–water partition coefficient (Wildman–Crippen LogP) is 8.72. The molecule has 13 rings (SSSR count). The number of alkyl carbamates (subject to hydrolysis) is 2. The van der Waals surface area contributed by atoms with Gasteiger partial charge in [-0.1, -0.05) is 158 Å². The molecule has 37 heteroatoms. The number of methoxy groups -OCH3 is 2. The summed E-state index contributed by atoms with van der Waals surface area (Å²) >= 11 is 0. The fourth-order valence-electron chi connectivity index (χ4n) is 16.0. The normalized spacial score (nSPS) is 26.2. The van der Waals surface area contributed by atoms with Gasteiger partial charge in [0.05, 0.1) is 28.2 Å². The number of nitrogens with zero attached hydrogens (tertiary/aromatic N) is 6. The first-order chi connectivity index (χ1) is 57.6. The number of nitro groups is 2. The number of ether oxygens (including phenoxy) is 4. The lowest BCUT2D eigenvalue weighted by Gasteiger charge is -2.33. The van der Waals surface area contributed by atoms with Gasteiger partial charge in [-0.25, -0.2) is 39.6 Å². The summed E-state index contributed by atoms with van der Waals surface area (Å²) in [6, 6.07) is 37.3. The smallest absolute Gasteiger partial charge is 0.408 e. The van der Waals surface area contributed by atoms with Gasteiger partial charge >= 0.3 is 18.2 Å². The number of para-hydroxylation sites is 2. The van der Waals surface area contributed by atoms with Crippen molar-refractivity contribution in [3.8, 4) is 22.3 Å². The molecule has 7 aliphatic rings. The number of allylic oxidation sites excluding steroid dienone is 2. The second-order valence-electron chi connectivity index (χ2n) is 33.4. The summed E-state index contributed by atoms with van der Waals surface area (Å²) in [7, 11) is -10.7. The molecule has 4 heterocycles. The Morgan fingerprint density at radius 3 is 1.24 bits per heavy atom. The first-order valence-electron chi connectivity index (χ1n) is 39.9. The Balaban J connectivity index is 0.000000224. The van der Waals surface area contributed by atoms with Crippen molar-refractivity contribution in [1.82, 2.24) is 44.4 Å². The highest BCUT2D eigenvalue weighted by Crippen LogP contribution is 2.50. The van der Waals surface area contributed by atoms with Gasteiger partial charge in [0.25, 0.3) is 17.3 Å². The van der Waals surface area contributed by atoms with Crippen molar-refractivity contribution in [3.63, 3.8) is 0 Å². The Morgan fingerprint density at radius 1 is 0.508 bits per heavy atom. The third kappa shape index (κ3) is 19.7. The third-order valence-corrected chi connectivity index (χ3v) is 28.4.